The molecule has 0 amide bonds. The van der Waals surface area contributed by atoms with Crippen molar-refractivity contribution in [1.29, 1.82) is 5.26 Å². The number of ether oxygens (including phenoxy) is 2. The fraction of sp³-hybridized carbons (Fsp3) is 0.421. The Balaban J connectivity index is 2.13. The first kappa shape index (κ1) is 19.3. The van der Waals surface area contributed by atoms with E-state index in [1.54, 1.807) is 6.21 Å². The van der Waals surface area contributed by atoms with Crippen LogP contribution in [0.3, 0.4) is 0 Å². The van der Waals surface area contributed by atoms with Gasteiger partial charge in [0.15, 0.2) is 11.5 Å². The molecule has 0 atom stereocenters. The molecule has 0 saturated heterocycles. The molecule has 138 valence electrons. The number of hydrogen-bond donors (Lipinski definition) is 1. The average Bonchev–Trinajstić information content (AvgIpc) is 3.05. The van der Waals surface area contributed by atoms with E-state index in [4.69, 9.17) is 19.2 Å². The molecule has 0 spiro atoms. The minimum Gasteiger partial charge on any atom is -0.490 e. The molecule has 7 heteroatoms. The van der Waals surface area contributed by atoms with Crippen LogP contribution < -0.4 is 14.9 Å². The highest BCUT2D eigenvalue weighted by Gasteiger charge is 2.14. The first-order valence-corrected chi connectivity index (χ1v) is 8.68. The van der Waals surface area contributed by atoms with Crippen LogP contribution in [0.15, 0.2) is 27.7 Å². The van der Waals surface area contributed by atoms with Gasteiger partial charge in [-0.3, -0.25) is 0 Å². The smallest absolute Gasteiger partial charge is 0.252 e. The van der Waals surface area contributed by atoms with E-state index in [9.17, 15) is 0 Å². The lowest BCUT2D eigenvalue weighted by molar-refractivity contribution is 0.277. The predicted molar refractivity (Wildman–Crippen MR) is 99.9 cm³/mol. The first-order chi connectivity index (χ1) is 12.6. The molecule has 0 saturated carbocycles. The number of hydrogen-bond acceptors (Lipinski definition) is 7. The minimum absolute atomic E-state index is 0.0889. The Labute approximate surface area is 153 Å². The Hall–Kier alpha value is -3.01. The van der Waals surface area contributed by atoms with E-state index in [1.807, 2.05) is 45.0 Å². The molecule has 0 radical (unpaired) electrons. The second-order valence-electron chi connectivity index (χ2n) is 5.85. The van der Waals surface area contributed by atoms with Gasteiger partial charge in [-0.1, -0.05) is 20.8 Å². The molecule has 0 aliphatic carbocycles. The van der Waals surface area contributed by atoms with E-state index in [0.29, 0.717) is 30.6 Å². The molecule has 0 bridgehead atoms. The van der Waals surface area contributed by atoms with Gasteiger partial charge < -0.3 is 13.9 Å². The number of nitriles is 1. The molecule has 1 aromatic carbocycles. The zero-order chi connectivity index (χ0) is 18.9. The number of nitrogens with one attached hydrogen (secondary N) is 1. The number of oxazole rings is 1. The number of aromatic nitrogens is 1. The third-order valence-electron chi connectivity index (χ3n) is 3.35. The summed E-state index contributed by atoms with van der Waals surface area (Å²) >= 11 is 0. The van der Waals surface area contributed by atoms with Crippen molar-refractivity contribution in [2.75, 3.05) is 18.6 Å². The maximum Gasteiger partial charge on any atom is 0.252 e. The molecule has 0 aliphatic rings. The van der Waals surface area contributed by atoms with E-state index < -0.39 is 0 Å². The molecule has 1 heterocycles. The zero-order valence-corrected chi connectivity index (χ0v) is 15.6. The molecule has 0 aliphatic heterocycles. The van der Waals surface area contributed by atoms with Gasteiger partial charge in [0.05, 0.1) is 19.4 Å². The van der Waals surface area contributed by atoms with E-state index >= 15 is 0 Å². The van der Waals surface area contributed by atoms with Gasteiger partial charge in [0.25, 0.3) is 5.88 Å². The Kier molecular flexibility index (Phi) is 7.03. The molecular formula is C19H24N4O3. The first-order valence-electron chi connectivity index (χ1n) is 8.68. The standard InChI is InChI=1S/C19H24N4O3/c1-5-9-25-16-8-7-14(10-17(16)24-6-2)12-21-23-19-15(11-20)22-18(26-19)13(3)4/h7-8,10,12-13,23H,5-6,9H2,1-4H3. The summed E-state index contributed by atoms with van der Waals surface area (Å²) < 4.78 is 16.8. The highest BCUT2D eigenvalue weighted by atomic mass is 16.5. The fourth-order valence-corrected chi connectivity index (χ4v) is 2.11. The van der Waals surface area contributed by atoms with E-state index in [-0.39, 0.29) is 17.5 Å². The summed E-state index contributed by atoms with van der Waals surface area (Å²) in [6.45, 7) is 9.04. The van der Waals surface area contributed by atoms with Gasteiger partial charge in [0.1, 0.15) is 6.07 Å². The monoisotopic (exact) mass is 356 g/mol. The zero-order valence-electron chi connectivity index (χ0n) is 15.6. The van der Waals surface area contributed by atoms with Crippen molar-refractivity contribution in [3.05, 3.63) is 35.3 Å². The summed E-state index contributed by atoms with van der Waals surface area (Å²) in [6, 6.07) is 7.58. The Morgan fingerprint density at radius 1 is 1.31 bits per heavy atom. The predicted octanol–water partition coefficient (Wildman–Crippen LogP) is 4.30. The molecule has 1 aromatic heterocycles. The van der Waals surface area contributed by atoms with Gasteiger partial charge in [0.2, 0.25) is 11.6 Å². The largest absolute Gasteiger partial charge is 0.490 e. The minimum atomic E-state index is 0.0889. The van der Waals surface area contributed by atoms with Crippen LogP contribution in [-0.4, -0.2) is 24.4 Å². The van der Waals surface area contributed by atoms with Gasteiger partial charge >= 0.3 is 0 Å². The van der Waals surface area contributed by atoms with Gasteiger partial charge in [0, 0.05) is 5.92 Å². The highest BCUT2D eigenvalue weighted by molar-refractivity contribution is 5.81. The molecule has 7 nitrogen and oxygen atoms in total. The summed E-state index contributed by atoms with van der Waals surface area (Å²) in [5.41, 5.74) is 3.74. The van der Waals surface area contributed by atoms with Crippen LogP contribution in [0.25, 0.3) is 0 Å². The van der Waals surface area contributed by atoms with Crippen molar-refractivity contribution >= 4 is 12.1 Å². The average molecular weight is 356 g/mol. The number of hydrazone groups is 1. The quantitative estimate of drug-likeness (QED) is 0.532. The van der Waals surface area contributed by atoms with Gasteiger partial charge in [-0.25, -0.2) is 10.4 Å². The third-order valence-corrected chi connectivity index (χ3v) is 3.35. The summed E-state index contributed by atoms with van der Waals surface area (Å²) in [5.74, 6) is 2.20. The summed E-state index contributed by atoms with van der Waals surface area (Å²) in [7, 11) is 0. The fourth-order valence-electron chi connectivity index (χ4n) is 2.11. The Morgan fingerprint density at radius 3 is 2.77 bits per heavy atom. The number of benzene rings is 1. The SMILES string of the molecule is CCCOc1ccc(C=NNc2oc(C(C)C)nc2C#N)cc1OCC. The van der Waals surface area contributed by atoms with Crippen LogP contribution in [0.4, 0.5) is 5.88 Å². The van der Waals surface area contributed by atoms with Crippen LogP contribution >= 0.6 is 0 Å². The van der Waals surface area contributed by atoms with Crippen LogP contribution in [0.5, 0.6) is 11.5 Å². The molecule has 2 rings (SSSR count). The highest BCUT2D eigenvalue weighted by Crippen LogP contribution is 2.28. The Bertz CT molecular complexity index is 791. The van der Waals surface area contributed by atoms with E-state index in [2.05, 4.69) is 22.4 Å². The van der Waals surface area contributed by atoms with E-state index in [0.717, 1.165) is 12.0 Å². The van der Waals surface area contributed by atoms with Gasteiger partial charge in [-0.2, -0.15) is 10.4 Å². The number of nitrogens with zero attached hydrogens (tertiary/aromatic N) is 3. The second-order valence-corrected chi connectivity index (χ2v) is 5.85. The van der Waals surface area contributed by atoms with Gasteiger partial charge in [-0.05, 0) is 37.1 Å². The van der Waals surface area contributed by atoms with Crippen LogP contribution in [0.1, 0.15) is 57.2 Å². The number of anilines is 1. The van der Waals surface area contributed by atoms with Crippen molar-refractivity contribution in [1.82, 2.24) is 4.98 Å². The summed E-state index contributed by atoms with van der Waals surface area (Å²) in [5, 5.41) is 13.3. The van der Waals surface area contributed by atoms with Crippen LogP contribution in [-0.2, 0) is 0 Å². The topological polar surface area (TPSA) is 92.7 Å². The number of rotatable bonds is 9. The maximum atomic E-state index is 9.13. The van der Waals surface area contributed by atoms with Crippen LogP contribution in [0.2, 0.25) is 0 Å². The van der Waals surface area contributed by atoms with Crippen molar-refractivity contribution < 1.29 is 13.9 Å². The molecule has 0 unspecified atom stereocenters. The van der Waals surface area contributed by atoms with Crippen molar-refractivity contribution in [3.63, 3.8) is 0 Å². The maximum absolute atomic E-state index is 9.13. The summed E-state index contributed by atoms with van der Waals surface area (Å²) in [6.07, 6.45) is 2.54. The molecule has 26 heavy (non-hydrogen) atoms. The van der Waals surface area contributed by atoms with Gasteiger partial charge in [-0.15, -0.1) is 0 Å². The molecular weight excluding hydrogens is 332 g/mol. The Morgan fingerprint density at radius 2 is 2.12 bits per heavy atom. The lowest BCUT2D eigenvalue weighted by Gasteiger charge is -2.11. The summed E-state index contributed by atoms with van der Waals surface area (Å²) in [4.78, 5) is 4.13. The lowest BCUT2D eigenvalue weighted by Crippen LogP contribution is -2.01. The van der Waals surface area contributed by atoms with Crippen molar-refractivity contribution in [3.8, 4) is 17.6 Å². The third kappa shape index (κ3) is 4.99. The van der Waals surface area contributed by atoms with Crippen molar-refractivity contribution in [2.45, 2.75) is 40.0 Å². The second kappa shape index (κ2) is 9.47. The lowest BCUT2D eigenvalue weighted by atomic mass is 10.2. The van der Waals surface area contributed by atoms with Crippen molar-refractivity contribution in [2.24, 2.45) is 5.10 Å². The molecule has 1 N–H and O–H groups in total. The van der Waals surface area contributed by atoms with E-state index in [1.165, 1.54) is 0 Å². The molecule has 0 fully saturated rings. The normalized spacial score (nSPS) is 10.9. The van der Waals surface area contributed by atoms with Crippen LogP contribution in [0, 0.1) is 11.3 Å². The molecule has 2 aromatic rings.